The van der Waals surface area contributed by atoms with Crippen LogP contribution in [0.1, 0.15) is 22.5 Å². The predicted molar refractivity (Wildman–Crippen MR) is 129 cm³/mol. The van der Waals surface area contributed by atoms with Gasteiger partial charge in [-0.25, -0.2) is 0 Å². The van der Waals surface area contributed by atoms with Crippen molar-refractivity contribution in [2.24, 2.45) is 0 Å². The average Bonchev–Trinajstić information content (AvgIpc) is 3.21. The molecule has 0 unspecified atom stereocenters. The Morgan fingerprint density at radius 1 is 0.710 bits per heavy atom. The minimum Gasteiger partial charge on any atom is -0.274 e. The first-order chi connectivity index (χ1) is 15.3. The topological polar surface area (TPSA) is 30.7 Å². The van der Waals surface area contributed by atoms with Crippen molar-refractivity contribution in [2.45, 2.75) is 24.3 Å². The zero-order chi connectivity index (χ0) is 21.0. The second-order valence-electron chi connectivity index (χ2n) is 7.70. The normalized spacial score (nSPS) is 11.1. The second kappa shape index (κ2) is 8.78. The van der Waals surface area contributed by atoms with Gasteiger partial charge < -0.3 is 0 Å². The zero-order valence-electron chi connectivity index (χ0n) is 17.4. The van der Waals surface area contributed by atoms with Gasteiger partial charge in [0, 0.05) is 17.9 Å². The maximum absolute atomic E-state index is 4.56. The van der Waals surface area contributed by atoms with E-state index >= 15 is 0 Å². The van der Waals surface area contributed by atoms with Crippen LogP contribution in [0, 0.1) is 6.92 Å². The van der Waals surface area contributed by atoms with Gasteiger partial charge in [0.1, 0.15) is 5.82 Å². The lowest BCUT2D eigenvalue weighted by Crippen LogP contribution is -2.04. The number of aromatic nitrogens is 3. The summed E-state index contributed by atoms with van der Waals surface area (Å²) < 4.78 is 2.19. The Kier molecular flexibility index (Phi) is 5.55. The van der Waals surface area contributed by atoms with Crippen LogP contribution >= 0.6 is 11.8 Å². The molecule has 0 bridgehead atoms. The van der Waals surface area contributed by atoms with Gasteiger partial charge in [-0.05, 0) is 41.0 Å². The van der Waals surface area contributed by atoms with Crippen LogP contribution in [0.5, 0.6) is 0 Å². The molecule has 31 heavy (non-hydrogen) atoms. The summed E-state index contributed by atoms with van der Waals surface area (Å²) in [5.41, 5.74) is 4.86. The Bertz CT molecular complexity index is 1310. The molecule has 0 spiro atoms. The Balaban J connectivity index is 1.46. The van der Waals surface area contributed by atoms with Crippen molar-refractivity contribution in [1.82, 2.24) is 14.8 Å². The van der Waals surface area contributed by atoms with Crippen molar-refractivity contribution in [2.75, 3.05) is 0 Å². The number of rotatable bonds is 6. The molecule has 0 aliphatic heterocycles. The van der Waals surface area contributed by atoms with Crippen molar-refractivity contribution < 1.29 is 0 Å². The Morgan fingerprint density at radius 2 is 1.45 bits per heavy atom. The molecule has 0 amide bonds. The van der Waals surface area contributed by atoms with Gasteiger partial charge in [-0.15, -0.1) is 10.2 Å². The van der Waals surface area contributed by atoms with E-state index in [1.54, 1.807) is 11.8 Å². The van der Waals surface area contributed by atoms with Crippen LogP contribution in [0.25, 0.3) is 16.5 Å². The number of benzene rings is 4. The summed E-state index contributed by atoms with van der Waals surface area (Å²) in [5.74, 6) is 1.80. The quantitative estimate of drug-likeness (QED) is 0.289. The molecule has 0 fully saturated rings. The van der Waals surface area contributed by atoms with Crippen LogP contribution in [0.15, 0.2) is 102 Å². The lowest BCUT2D eigenvalue weighted by molar-refractivity contribution is 0.847. The molecule has 152 valence electrons. The van der Waals surface area contributed by atoms with E-state index in [9.17, 15) is 0 Å². The summed E-state index contributed by atoms with van der Waals surface area (Å²) in [6.45, 7) is 2.11. The molecule has 4 aromatic carbocycles. The average molecular weight is 422 g/mol. The predicted octanol–water partition coefficient (Wildman–Crippen LogP) is 6.61. The highest BCUT2D eigenvalue weighted by molar-refractivity contribution is 7.98. The molecule has 1 heterocycles. The molecule has 3 nitrogen and oxygen atoms in total. The highest BCUT2D eigenvalue weighted by Gasteiger charge is 2.15. The second-order valence-corrected chi connectivity index (χ2v) is 8.64. The van der Waals surface area contributed by atoms with E-state index in [1.807, 2.05) is 6.07 Å². The highest BCUT2D eigenvalue weighted by Crippen LogP contribution is 2.27. The molecule has 0 aliphatic carbocycles. The van der Waals surface area contributed by atoms with E-state index in [1.165, 1.54) is 27.5 Å². The summed E-state index contributed by atoms with van der Waals surface area (Å²) in [6.07, 6.45) is 0.748. The lowest BCUT2D eigenvalue weighted by Gasteiger charge is -2.11. The van der Waals surface area contributed by atoms with Gasteiger partial charge in [-0.2, -0.15) is 0 Å². The number of hydrogen-bond acceptors (Lipinski definition) is 3. The summed E-state index contributed by atoms with van der Waals surface area (Å²) >= 11 is 1.73. The molecule has 0 atom stereocenters. The van der Waals surface area contributed by atoms with Gasteiger partial charge in [-0.3, -0.25) is 4.57 Å². The summed E-state index contributed by atoms with van der Waals surface area (Å²) in [6, 6.07) is 34.1. The van der Waals surface area contributed by atoms with Crippen molar-refractivity contribution in [3.63, 3.8) is 0 Å². The van der Waals surface area contributed by atoms with Gasteiger partial charge >= 0.3 is 0 Å². The van der Waals surface area contributed by atoms with Crippen molar-refractivity contribution in [3.05, 3.63) is 120 Å². The number of aryl methyl sites for hydroxylation is 1. The maximum atomic E-state index is 4.56. The molecule has 4 heteroatoms. The Hall–Kier alpha value is -3.37. The van der Waals surface area contributed by atoms with E-state index in [0.29, 0.717) is 0 Å². The van der Waals surface area contributed by atoms with Gasteiger partial charge in [-0.1, -0.05) is 102 Å². The van der Waals surface area contributed by atoms with Crippen LogP contribution in [0.3, 0.4) is 0 Å². The van der Waals surface area contributed by atoms with Crippen molar-refractivity contribution in [3.8, 4) is 5.69 Å². The van der Waals surface area contributed by atoms with Gasteiger partial charge in [0.25, 0.3) is 0 Å². The molecule has 0 saturated heterocycles. The first-order valence-corrected chi connectivity index (χ1v) is 11.4. The summed E-state index contributed by atoms with van der Waals surface area (Å²) in [7, 11) is 0. The smallest absolute Gasteiger partial charge is 0.196 e. The van der Waals surface area contributed by atoms with E-state index < -0.39 is 0 Å². The fraction of sp³-hybridized carbons (Fsp3) is 0.111. The SMILES string of the molecule is Cc1ccc(-n2c(Cc3ccccc3)nnc2SCc2ccc3ccccc3c2)cc1. The van der Waals surface area contributed by atoms with Crippen LogP contribution in [-0.2, 0) is 12.2 Å². The number of nitrogens with zero attached hydrogens (tertiary/aromatic N) is 3. The van der Waals surface area contributed by atoms with Crippen LogP contribution in [-0.4, -0.2) is 14.8 Å². The molecule has 0 radical (unpaired) electrons. The number of fused-ring (bicyclic) bond motifs is 1. The van der Waals surface area contributed by atoms with Crippen molar-refractivity contribution in [1.29, 1.82) is 0 Å². The Labute approximate surface area is 186 Å². The van der Waals surface area contributed by atoms with Crippen LogP contribution in [0.4, 0.5) is 0 Å². The van der Waals surface area contributed by atoms with Crippen molar-refractivity contribution >= 4 is 22.5 Å². The first kappa shape index (κ1) is 19.6. The third-order valence-electron chi connectivity index (χ3n) is 5.38. The molecular weight excluding hydrogens is 398 g/mol. The van der Waals surface area contributed by atoms with E-state index in [4.69, 9.17) is 0 Å². The summed E-state index contributed by atoms with van der Waals surface area (Å²) in [4.78, 5) is 0. The zero-order valence-corrected chi connectivity index (χ0v) is 18.2. The first-order valence-electron chi connectivity index (χ1n) is 10.4. The fourth-order valence-electron chi connectivity index (χ4n) is 3.72. The molecule has 0 saturated carbocycles. The molecule has 5 rings (SSSR count). The number of hydrogen-bond donors (Lipinski definition) is 0. The van der Waals surface area contributed by atoms with E-state index in [-0.39, 0.29) is 0 Å². The van der Waals surface area contributed by atoms with Gasteiger partial charge in [0.15, 0.2) is 5.16 Å². The third-order valence-corrected chi connectivity index (χ3v) is 6.38. The van der Waals surface area contributed by atoms with Crippen LogP contribution in [0.2, 0.25) is 0 Å². The third kappa shape index (κ3) is 4.39. The standard InChI is InChI=1S/C27H23N3S/c1-20-11-15-25(16-12-20)30-26(18-21-7-3-2-4-8-21)28-29-27(30)31-19-22-13-14-23-9-5-6-10-24(23)17-22/h2-17H,18-19H2,1H3. The number of thioether (sulfide) groups is 1. The minimum absolute atomic E-state index is 0.748. The van der Waals surface area contributed by atoms with E-state index in [0.717, 1.165) is 28.8 Å². The maximum Gasteiger partial charge on any atom is 0.196 e. The molecule has 5 aromatic rings. The summed E-state index contributed by atoms with van der Waals surface area (Å²) in [5, 5.41) is 12.6. The molecular formula is C27H23N3S. The lowest BCUT2D eigenvalue weighted by atomic mass is 10.1. The Morgan fingerprint density at radius 3 is 2.26 bits per heavy atom. The minimum atomic E-state index is 0.748. The monoisotopic (exact) mass is 421 g/mol. The molecule has 0 aliphatic rings. The molecule has 0 N–H and O–H groups in total. The highest BCUT2D eigenvalue weighted by atomic mass is 32.2. The van der Waals surface area contributed by atoms with Gasteiger partial charge in [0.05, 0.1) is 0 Å². The largest absolute Gasteiger partial charge is 0.274 e. The molecule has 1 aromatic heterocycles. The van der Waals surface area contributed by atoms with Gasteiger partial charge in [0.2, 0.25) is 0 Å². The van der Waals surface area contributed by atoms with Crippen LogP contribution < -0.4 is 0 Å². The fourth-order valence-corrected chi connectivity index (χ4v) is 4.63. The van der Waals surface area contributed by atoms with E-state index in [2.05, 4.69) is 113 Å².